The van der Waals surface area contributed by atoms with Gasteiger partial charge in [-0.3, -0.25) is 14.5 Å². The van der Waals surface area contributed by atoms with Crippen LogP contribution in [0.4, 0.5) is 0 Å². The van der Waals surface area contributed by atoms with Gasteiger partial charge < -0.3 is 14.6 Å². The number of carboxylic acids is 1. The van der Waals surface area contributed by atoms with E-state index >= 15 is 0 Å². The highest BCUT2D eigenvalue weighted by Gasteiger charge is 2.33. The molecule has 1 heterocycles. The van der Waals surface area contributed by atoms with E-state index in [1.54, 1.807) is 24.3 Å². The smallest absolute Gasteiger partial charge is 0.323 e. The van der Waals surface area contributed by atoms with Gasteiger partial charge in [0.15, 0.2) is 18.1 Å². The van der Waals surface area contributed by atoms with Crippen molar-refractivity contribution in [2.75, 3.05) is 19.8 Å². The molecule has 0 radical (unpaired) electrons. The second-order valence-electron chi connectivity index (χ2n) is 4.75. The highest BCUT2D eigenvalue weighted by molar-refractivity contribution is 8.26. The van der Waals surface area contributed by atoms with Crippen LogP contribution in [0.3, 0.4) is 0 Å². The minimum atomic E-state index is -1.13. The van der Waals surface area contributed by atoms with Gasteiger partial charge in [-0.25, -0.2) is 0 Å². The molecular formula is C16H14N2O5S2. The summed E-state index contributed by atoms with van der Waals surface area (Å²) < 4.78 is 11.0. The number of carbonyl (C=O) groups excluding carboxylic acids is 1. The van der Waals surface area contributed by atoms with Gasteiger partial charge in [0, 0.05) is 0 Å². The average molecular weight is 378 g/mol. The van der Waals surface area contributed by atoms with Crippen molar-refractivity contribution in [2.45, 2.75) is 6.92 Å². The van der Waals surface area contributed by atoms with Crippen molar-refractivity contribution in [3.63, 3.8) is 0 Å². The normalized spacial score (nSPS) is 15.4. The van der Waals surface area contributed by atoms with E-state index < -0.39 is 18.4 Å². The first-order valence-electron chi connectivity index (χ1n) is 7.20. The number of ether oxygens (including phenoxy) is 2. The van der Waals surface area contributed by atoms with Crippen molar-refractivity contribution < 1.29 is 24.2 Å². The van der Waals surface area contributed by atoms with Crippen molar-refractivity contribution >= 4 is 46.3 Å². The second-order valence-corrected chi connectivity index (χ2v) is 6.42. The van der Waals surface area contributed by atoms with Gasteiger partial charge in [-0.15, -0.1) is 0 Å². The van der Waals surface area contributed by atoms with E-state index in [9.17, 15) is 9.59 Å². The predicted octanol–water partition coefficient (Wildman–Crippen LogP) is 2.27. The maximum absolute atomic E-state index is 12.3. The van der Waals surface area contributed by atoms with Crippen molar-refractivity contribution in [3.8, 4) is 17.6 Å². The Balaban J connectivity index is 2.27. The Hall–Kier alpha value is -2.57. The summed E-state index contributed by atoms with van der Waals surface area (Å²) in [6, 6.07) is 6.92. The topological polar surface area (TPSA) is 99.9 Å². The number of rotatable bonds is 7. The van der Waals surface area contributed by atoms with E-state index in [0.29, 0.717) is 28.6 Å². The molecule has 0 unspecified atom stereocenters. The first-order valence-corrected chi connectivity index (χ1v) is 8.42. The summed E-state index contributed by atoms with van der Waals surface area (Å²) in [7, 11) is 0. The molecule has 0 aliphatic carbocycles. The largest absolute Gasteiger partial charge is 0.490 e. The highest BCUT2D eigenvalue weighted by Crippen LogP contribution is 2.34. The fourth-order valence-electron chi connectivity index (χ4n) is 2.03. The monoisotopic (exact) mass is 378 g/mol. The summed E-state index contributed by atoms with van der Waals surface area (Å²) in [5.74, 6) is -0.693. The molecule has 1 amide bonds. The number of aliphatic carboxylic acids is 1. The summed E-state index contributed by atoms with van der Waals surface area (Å²) >= 11 is 6.10. The van der Waals surface area contributed by atoms with Crippen molar-refractivity contribution in [1.29, 1.82) is 5.26 Å². The third kappa shape index (κ3) is 4.71. The van der Waals surface area contributed by atoms with Crippen LogP contribution in [0.15, 0.2) is 23.1 Å². The maximum atomic E-state index is 12.3. The third-order valence-electron chi connectivity index (χ3n) is 3.02. The molecule has 1 aromatic rings. The van der Waals surface area contributed by atoms with Crippen molar-refractivity contribution in [3.05, 3.63) is 28.7 Å². The minimum Gasteiger partial charge on any atom is -0.490 e. The molecule has 0 spiro atoms. The van der Waals surface area contributed by atoms with Gasteiger partial charge in [-0.05, 0) is 30.7 Å². The standard InChI is InChI=1S/C16H14N2O5S2/c1-2-22-12-7-10(3-4-11(12)23-6-5-17)8-13-15(21)18(9-14(19)20)16(24)25-13/h3-4,7-8H,2,6,9H2,1H3,(H,19,20). The first kappa shape index (κ1) is 18.8. The molecule has 7 nitrogen and oxygen atoms in total. The Kier molecular flexibility index (Phi) is 6.38. The first-order chi connectivity index (χ1) is 12.0. The minimum absolute atomic E-state index is 0.104. The Morgan fingerprint density at radius 1 is 1.44 bits per heavy atom. The van der Waals surface area contributed by atoms with Crippen LogP contribution in [0.5, 0.6) is 11.5 Å². The Morgan fingerprint density at radius 3 is 2.84 bits per heavy atom. The van der Waals surface area contributed by atoms with E-state index in [1.165, 1.54) is 0 Å². The number of nitriles is 1. The second kappa shape index (κ2) is 8.50. The summed E-state index contributed by atoms with van der Waals surface area (Å²) in [6.07, 6.45) is 1.61. The fourth-order valence-corrected chi connectivity index (χ4v) is 3.29. The van der Waals surface area contributed by atoms with Crippen molar-refractivity contribution in [1.82, 2.24) is 4.90 Å². The Morgan fingerprint density at radius 2 is 2.20 bits per heavy atom. The third-order valence-corrected chi connectivity index (χ3v) is 4.40. The Labute approximate surface area is 153 Å². The summed E-state index contributed by atoms with van der Waals surface area (Å²) in [5.41, 5.74) is 0.670. The molecule has 1 N–H and O–H groups in total. The predicted molar refractivity (Wildman–Crippen MR) is 96.2 cm³/mol. The lowest BCUT2D eigenvalue weighted by Crippen LogP contribution is -2.33. The lowest BCUT2D eigenvalue weighted by atomic mass is 10.2. The van der Waals surface area contributed by atoms with Crippen LogP contribution in [0.25, 0.3) is 6.08 Å². The highest BCUT2D eigenvalue weighted by atomic mass is 32.2. The average Bonchev–Trinajstić information content (AvgIpc) is 2.81. The molecule has 1 aromatic carbocycles. The van der Waals surface area contributed by atoms with Crippen LogP contribution in [-0.4, -0.2) is 46.0 Å². The molecule has 1 aliphatic rings. The molecule has 1 saturated heterocycles. The number of thioether (sulfide) groups is 1. The summed E-state index contributed by atoms with van der Waals surface area (Å²) in [5, 5.41) is 17.5. The Bertz CT molecular complexity index is 785. The van der Waals surface area contributed by atoms with E-state index in [1.807, 2.05) is 13.0 Å². The lowest BCUT2D eigenvalue weighted by Gasteiger charge is -2.11. The summed E-state index contributed by atoms with van der Waals surface area (Å²) in [4.78, 5) is 24.5. The number of amides is 1. The molecule has 1 aliphatic heterocycles. The van der Waals surface area contributed by atoms with Gasteiger partial charge in [0.1, 0.15) is 16.9 Å². The zero-order valence-electron chi connectivity index (χ0n) is 13.2. The van der Waals surface area contributed by atoms with Crippen LogP contribution < -0.4 is 9.47 Å². The lowest BCUT2D eigenvalue weighted by molar-refractivity contribution is -0.140. The number of benzene rings is 1. The molecule has 1 fully saturated rings. The van der Waals surface area contributed by atoms with E-state index in [0.717, 1.165) is 16.7 Å². The van der Waals surface area contributed by atoms with Crippen LogP contribution in [-0.2, 0) is 9.59 Å². The van der Waals surface area contributed by atoms with Crippen molar-refractivity contribution in [2.24, 2.45) is 0 Å². The number of nitrogens with zero attached hydrogens (tertiary/aromatic N) is 2. The zero-order chi connectivity index (χ0) is 18.4. The van der Waals surface area contributed by atoms with Crippen LogP contribution >= 0.6 is 24.0 Å². The van der Waals surface area contributed by atoms with Gasteiger partial charge in [-0.2, -0.15) is 5.26 Å². The van der Waals surface area contributed by atoms with E-state index in [-0.39, 0.29) is 10.9 Å². The maximum Gasteiger partial charge on any atom is 0.323 e. The molecule has 9 heteroatoms. The van der Waals surface area contributed by atoms with Gasteiger partial charge in [0.05, 0.1) is 11.5 Å². The number of hydrogen-bond acceptors (Lipinski definition) is 7. The van der Waals surface area contributed by atoms with Crippen LogP contribution in [0, 0.1) is 11.3 Å². The number of hydrogen-bond donors (Lipinski definition) is 1. The number of carbonyl (C=O) groups is 2. The number of carboxylic acid groups (broad SMARTS) is 1. The molecule has 0 bridgehead atoms. The molecule has 0 atom stereocenters. The van der Waals surface area contributed by atoms with Gasteiger partial charge in [0.2, 0.25) is 0 Å². The zero-order valence-corrected chi connectivity index (χ0v) is 14.9. The van der Waals surface area contributed by atoms with E-state index in [4.69, 9.17) is 32.1 Å². The molecular weight excluding hydrogens is 364 g/mol. The van der Waals surface area contributed by atoms with Crippen LogP contribution in [0.1, 0.15) is 12.5 Å². The molecule has 0 aromatic heterocycles. The molecule has 130 valence electrons. The fraction of sp³-hybridized carbons (Fsp3) is 0.250. The number of thiocarbonyl (C=S) groups is 1. The van der Waals surface area contributed by atoms with Gasteiger partial charge >= 0.3 is 5.97 Å². The molecule has 25 heavy (non-hydrogen) atoms. The van der Waals surface area contributed by atoms with Gasteiger partial charge in [0.25, 0.3) is 5.91 Å². The SMILES string of the molecule is CCOc1cc(C=C2SC(=S)N(CC(=O)O)C2=O)ccc1OCC#N. The molecule has 0 saturated carbocycles. The summed E-state index contributed by atoms with van der Waals surface area (Å²) in [6.45, 7) is 1.66. The van der Waals surface area contributed by atoms with Gasteiger partial charge in [-0.1, -0.05) is 30.0 Å². The molecule has 2 rings (SSSR count). The quantitative estimate of drug-likeness (QED) is 0.570. The van der Waals surface area contributed by atoms with Crippen LogP contribution in [0.2, 0.25) is 0 Å². The van der Waals surface area contributed by atoms with E-state index in [2.05, 4.69) is 0 Å².